The highest BCUT2D eigenvalue weighted by atomic mass is 16.2. The van der Waals surface area contributed by atoms with Crippen LogP contribution in [0.25, 0.3) is 0 Å². The second kappa shape index (κ2) is 6.12. The van der Waals surface area contributed by atoms with Gasteiger partial charge >= 0.3 is 0 Å². The van der Waals surface area contributed by atoms with Crippen LogP contribution in [-0.2, 0) is 4.79 Å². The van der Waals surface area contributed by atoms with Crippen molar-refractivity contribution in [3.63, 3.8) is 0 Å². The maximum Gasteiger partial charge on any atom is 0.274 e. The molecule has 0 saturated carbocycles. The minimum absolute atomic E-state index is 0.0168. The molecule has 0 bridgehead atoms. The third-order valence-electron chi connectivity index (χ3n) is 2.53. The van der Waals surface area contributed by atoms with Crippen LogP contribution in [0.5, 0.6) is 0 Å². The molecule has 0 fully saturated rings. The molecule has 0 unspecified atom stereocenters. The van der Waals surface area contributed by atoms with Gasteiger partial charge in [0, 0.05) is 35.2 Å². The van der Waals surface area contributed by atoms with E-state index >= 15 is 0 Å². The fourth-order valence-corrected chi connectivity index (χ4v) is 1.27. The van der Waals surface area contributed by atoms with Crippen molar-refractivity contribution in [3.8, 4) is 0 Å². The average Bonchev–Trinajstić information content (AvgIpc) is 2.37. The monoisotopic (exact) mass is 265 g/mol. The minimum atomic E-state index is -0.326. The highest BCUT2D eigenvalue weighted by Gasteiger charge is 2.17. The SMILES string of the molecule is CN(C)C(=O)CN(C)C(=O)c1cnc(N(C)C)cn1. The first kappa shape index (κ1) is 14.9. The number of carbonyl (C=O) groups excluding carboxylic acids is 2. The first-order chi connectivity index (χ1) is 8.82. The van der Waals surface area contributed by atoms with Gasteiger partial charge in [0.1, 0.15) is 11.5 Å². The fourth-order valence-electron chi connectivity index (χ4n) is 1.27. The number of rotatable bonds is 4. The lowest BCUT2D eigenvalue weighted by Gasteiger charge is -2.19. The van der Waals surface area contributed by atoms with Crippen LogP contribution in [0.3, 0.4) is 0 Å². The van der Waals surface area contributed by atoms with Gasteiger partial charge in [0.2, 0.25) is 5.91 Å². The predicted octanol–water partition coefficient (Wildman–Crippen LogP) is -0.297. The van der Waals surface area contributed by atoms with Gasteiger partial charge in [-0.2, -0.15) is 0 Å². The number of amides is 2. The molecule has 0 aliphatic heterocycles. The molecular formula is C12H19N5O2. The Hall–Kier alpha value is -2.18. The van der Waals surface area contributed by atoms with Crippen molar-refractivity contribution in [1.29, 1.82) is 0 Å². The zero-order valence-corrected chi connectivity index (χ0v) is 11.9. The van der Waals surface area contributed by atoms with Crippen molar-refractivity contribution in [2.45, 2.75) is 0 Å². The van der Waals surface area contributed by atoms with Crippen LogP contribution in [0, 0.1) is 0 Å². The van der Waals surface area contributed by atoms with E-state index in [1.165, 1.54) is 22.2 Å². The molecular weight excluding hydrogens is 246 g/mol. The van der Waals surface area contributed by atoms with Gasteiger partial charge in [-0.15, -0.1) is 0 Å². The Morgan fingerprint density at radius 2 is 1.68 bits per heavy atom. The number of hydrogen-bond acceptors (Lipinski definition) is 5. The molecule has 1 aromatic rings. The second-order valence-corrected chi connectivity index (χ2v) is 4.60. The third kappa shape index (κ3) is 3.90. The van der Waals surface area contributed by atoms with E-state index in [2.05, 4.69) is 9.97 Å². The van der Waals surface area contributed by atoms with E-state index in [0.29, 0.717) is 5.82 Å². The van der Waals surface area contributed by atoms with Crippen LogP contribution >= 0.6 is 0 Å². The molecule has 7 heteroatoms. The summed E-state index contributed by atoms with van der Waals surface area (Å²) in [6.07, 6.45) is 2.93. The summed E-state index contributed by atoms with van der Waals surface area (Å²) < 4.78 is 0. The number of aromatic nitrogens is 2. The highest BCUT2D eigenvalue weighted by Crippen LogP contribution is 2.06. The topological polar surface area (TPSA) is 69.6 Å². The molecule has 0 radical (unpaired) electrons. The van der Waals surface area contributed by atoms with Gasteiger partial charge in [-0.05, 0) is 0 Å². The third-order valence-corrected chi connectivity index (χ3v) is 2.53. The standard InChI is InChI=1S/C12H19N5O2/c1-15(2)10-7-13-9(6-14-10)12(19)17(5)8-11(18)16(3)4/h6-7H,8H2,1-5H3. The van der Waals surface area contributed by atoms with Crippen molar-refractivity contribution in [2.75, 3.05) is 46.7 Å². The Bertz CT molecular complexity index is 456. The van der Waals surface area contributed by atoms with Gasteiger partial charge in [-0.25, -0.2) is 9.97 Å². The Morgan fingerprint density at radius 1 is 1.05 bits per heavy atom. The molecule has 104 valence electrons. The van der Waals surface area contributed by atoms with E-state index in [4.69, 9.17) is 0 Å². The van der Waals surface area contributed by atoms with Gasteiger partial charge < -0.3 is 14.7 Å². The summed E-state index contributed by atoms with van der Waals surface area (Å²) in [5.74, 6) is 0.199. The smallest absolute Gasteiger partial charge is 0.274 e. The quantitative estimate of drug-likeness (QED) is 0.748. The Labute approximate surface area is 112 Å². The summed E-state index contributed by atoms with van der Waals surface area (Å²) in [6, 6.07) is 0. The van der Waals surface area contributed by atoms with Crippen LogP contribution in [0.2, 0.25) is 0 Å². The van der Waals surface area contributed by atoms with E-state index in [-0.39, 0.29) is 24.1 Å². The zero-order chi connectivity index (χ0) is 14.6. The minimum Gasteiger partial charge on any atom is -0.361 e. The molecule has 0 spiro atoms. The number of hydrogen-bond donors (Lipinski definition) is 0. The van der Waals surface area contributed by atoms with E-state index < -0.39 is 0 Å². The van der Waals surface area contributed by atoms with Crippen molar-refractivity contribution in [2.24, 2.45) is 0 Å². The molecule has 0 atom stereocenters. The van der Waals surface area contributed by atoms with Crippen LogP contribution in [-0.4, -0.2) is 73.4 Å². The van der Waals surface area contributed by atoms with Crippen LogP contribution in [0.4, 0.5) is 5.82 Å². The number of likely N-dealkylation sites (N-methyl/N-ethyl adjacent to an activating group) is 2. The first-order valence-electron chi connectivity index (χ1n) is 5.78. The summed E-state index contributed by atoms with van der Waals surface area (Å²) in [6.45, 7) is 0.0168. The summed E-state index contributed by atoms with van der Waals surface area (Å²) in [5, 5.41) is 0. The normalized spacial score (nSPS) is 9.95. The van der Waals surface area contributed by atoms with Crippen LogP contribution in [0.15, 0.2) is 12.4 Å². The second-order valence-electron chi connectivity index (χ2n) is 4.60. The maximum atomic E-state index is 12.0. The molecule has 0 aromatic carbocycles. The summed E-state index contributed by atoms with van der Waals surface area (Å²) >= 11 is 0. The Morgan fingerprint density at radius 3 is 2.11 bits per heavy atom. The highest BCUT2D eigenvalue weighted by molar-refractivity contribution is 5.94. The van der Waals surface area contributed by atoms with Crippen molar-refractivity contribution >= 4 is 17.6 Å². The van der Waals surface area contributed by atoms with Crippen molar-refractivity contribution in [3.05, 3.63) is 18.1 Å². The number of carbonyl (C=O) groups is 2. The fraction of sp³-hybridized carbons (Fsp3) is 0.500. The summed E-state index contributed by atoms with van der Waals surface area (Å²) in [4.78, 5) is 36.3. The van der Waals surface area contributed by atoms with Crippen LogP contribution < -0.4 is 4.90 Å². The van der Waals surface area contributed by atoms with E-state index in [1.54, 1.807) is 26.0 Å². The molecule has 0 N–H and O–H groups in total. The van der Waals surface area contributed by atoms with Crippen molar-refractivity contribution < 1.29 is 9.59 Å². The van der Waals surface area contributed by atoms with E-state index in [9.17, 15) is 9.59 Å². The van der Waals surface area contributed by atoms with Gasteiger partial charge in [0.15, 0.2) is 0 Å². The number of anilines is 1. The van der Waals surface area contributed by atoms with Gasteiger partial charge in [0.25, 0.3) is 5.91 Å². The largest absolute Gasteiger partial charge is 0.361 e. The molecule has 7 nitrogen and oxygen atoms in total. The lowest BCUT2D eigenvalue weighted by molar-refractivity contribution is -0.129. The van der Waals surface area contributed by atoms with E-state index in [0.717, 1.165) is 0 Å². The van der Waals surface area contributed by atoms with E-state index in [1.807, 2.05) is 14.1 Å². The molecule has 19 heavy (non-hydrogen) atoms. The van der Waals surface area contributed by atoms with Gasteiger partial charge in [-0.1, -0.05) is 0 Å². The lowest BCUT2D eigenvalue weighted by Crippen LogP contribution is -2.38. The molecule has 0 saturated heterocycles. The summed E-state index contributed by atoms with van der Waals surface area (Å²) in [5.41, 5.74) is 0.222. The zero-order valence-electron chi connectivity index (χ0n) is 11.9. The van der Waals surface area contributed by atoms with Crippen LogP contribution in [0.1, 0.15) is 10.5 Å². The summed E-state index contributed by atoms with van der Waals surface area (Å²) in [7, 11) is 8.53. The molecule has 0 aliphatic carbocycles. The molecule has 1 aromatic heterocycles. The van der Waals surface area contributed by atoms with Gasteiger partial charge in [-0.3, -0.25) is 9.59 Å². The molecule has 1 rings (SSSR count). The molecule has 1 heterocycles. The molecule has 0 aliphatic rings. The molecule has 2 amide bonds. The maximum absolute atomic E-state index is 12.0. The Kier molecular flexibility index (Phi) is 4.80. The number of nitrogens with zero attached hydrogens (tertiary/aromatic N) is 5. The average molecular weight is 265 g/mol. The van der Waals surface area contributed by atoms with Crippen molar-refractivity contribution in [1.82, 2.24) is 19.8 Å². The Balaban J connectivity index is 2.74. The lowest BCUT2D eigenvalue weighted by atomic mass is 10.3. The first-order valence-corrected chi connectivity index (χ1v) is 5.78. The predicted molar refractivity (Wildman–Crippen MR) is 72.0 cm³/mol. The van der Waals surface area contributed by atoms with Gasteiger partial charge in [0.05, 0.1) is 18.9 Å².